The zero-order valence-corrected chi connectivity index (χ0v) is 16.6. The van der Waals surface area contributed by atoms with Crippen LogP contribution in [0.25, 0.3) is 6.08 Å². The molecule has 25 heavy (non-hydrogen) atoms. The van der Waals surface area contributed by atoms with Crippen molar-refractivity contribution in [2.75, 3.05) is 0 Å². The van der Waals surface area contributed by atoms with Gasteiger partial charge >= 0.3 is 0 Å². The summed E-state index contributed by atoms with van der Waals surface area (Å²) < 4.78 is 0.195. The number of benzene rings is 1. The number of phenolic OH excluding ortho intramolecular Hbond substituents is 1. The number of rotatable bonds is 4. The molecule has 2 rings (SSSR count). The predicted octanol–water partition coefficient (Wildman–Crippen LogP) is 4.15. The standard InChI is InChI=1S/C16H18BrN3O4S/c1-8(2)18-16-19(9(3)4)15(22)13(25-16)6-10-5-11(20(23)24)7-12(17)14(10)21/h5-9,21H,1-4H3/b13-6+,18-16?. The third kappa shape index (κ3) is 4.21. The number of carbonyl (C=O) groups is 1. The number of hydrogen-bond donors (Lipinski definition) is 1. The summed E-state index contributed by atoms with van der Waals surface area (Å²) in [6.45, 7) is 7.61. The van der Waals surface area contributed by atoms with Gasteiger partial charge in [-0.15, -0.1) is 0 Å². The molecule has 1 amide bonds. The Hall–Kier alpha value is -1.87. The number of nitro groups is 1. The van der Waals surface area contributed by atoms with Crippen molar-refractivity contribution in [3.63, 3.8) is 0 Å². The highest BCUT2D eigenvalue weighted by atomic mass is 79.9. The van der Waals surface area contributed by atoms with Crippen molar-refractivity contribution < 1.29 is 14.8 Å². The molecule has 7 nitrogen and oxygen atoms in total. The molecule has 0 saturated carbocycles. The second-order valence-corrected chi connectivity index (χ2v) is 7.87. The topological polar surface area (TPSA) is 96.0 Å². The Bertz CT molecular complexity index is 790. The Morgan fingerprint density at radius 2 is 2.00 bits per heavy atom. The van der Waals surface area contributed by atoms with Crippen LogP contribution in [0.5, 0.6) is 5.75 Å². The molecule has 0 atom stereocenters. The minimum atomic E-state index is -0.554. The number of non-ortho nitro benzene ring substituents is 1. The monoisotopic (exact) mass is 427 g/mol. The van der Waals surface area contributed by atoms with Crippen molar-refractivity contribution in [3.05, 3.63) is 37.2 Å². The highest BCUT2D eigenvalue weighted by Crippen LogP contribution is 2.38. The summed E-state index contributed by atoms with van der Waals surface area (Å²) in [7, 11) is 0. The molecule has 1 fully saturated rings. The van der Waals surface area contributed by atoms with E-state index in [1.54, 1.807) is 4.90 Å². The third-order valence-corrected chi connectivity index (χ3v) is 4.90. The molecule has 1 heterocycles. The highest BCUT2D eigenvalue weighted by molar-refractivity contribution is 9.10. The average Bonchev–Trinajstić information content (AvgIpc) is 2.78. The number of amidine groups is 1. The zero-order valence-electron chi connectivity index (χ0n) is 14.2. The minimum Gasteiger partial charge on any atom is -0.506 e. The number of carbonyl (C=O) groups excluding carboxylic acids is 1. The molecule has 9 heteroatoms. The van der Waals surface area contributed by atoms with E-state index in [-0.39, 0.29) is 39.5 Å². The van der Waals surface area contributed by atoms with Crippen LogP contribution < -0.4 is 0 Å². The van der Waals surface area contributed by atoms with Gasteiger partial charge in [-0.1, -0.05) is 0 Å². The van der Waals surface area contributed by atoms with Crippen LogP contribution in [0.15, 0.2) is 26.5 Å². The van der Waals surface area contributed by atoms with Crippen LogP contribution in [-0.4, -0.2) is 38.1 Å². The molecule has 1 aliphatic rings. The maximum Gasteiger partial charge on any atom is 0.271 e. The molecule has 0 radical (unpaired) electrons. The summed E-state index contributed by atoms with van der Waals surface area (Å²) in [5.41, 5.74) is 0.0233. The van der Waals surface area contributed by atoms with Crippen molar-refractivity contribution in [2.45, 2.75) is 39.8 Å². The number of hydrogen-bond acceptors (Lipinski definition) is 6. The quantitative estimate of drug-likeness (QED) is 0.442. The maximum absolute atomic E-state index is 12.7. The number of aromatic hydroxyl groups is 1. The summed E-state index contributed by atoms with van der Waals surface area (Å²) in [6, 6.07) is 2.40. The van der Waals surface area contributed by atoms with Gasteiger partial charge in [-0.3, -0.25) is 24.8 Å². The lowest BCUT2D eigenvalue weighted by atomic mass is 10.1. The maximum atomic E-state index is 12.7. The van der Waals surface area contributed by atoms with E-state index in [9.17, 15) is 20.0 Å². The number of halogens is 1. The molecule has 0 aromatic heterocycles. The molecular weight excluding hydrogens is 410 g/mol. The second-order valence-electron chi connectivity index (χ2n) is 6.01. The number of thioether (sulfide) groups is 1. The van der Waals surface area contributed by atoms with Gasteiger partial charge in [0.2, 0.25) is 0 Å². The molecule has 134 valence electrons. The van der Waals surface area contributed by atoms with Gasteiger partial charge in [-0.2, -0.15) is 0 Å². The van der Waals surface area contributed by atoms with E-state index in [1.165, 1.54) is 30.0 Å². The first kappa shape index (κ1) is 19.5. The van der Waals surface area contributed by atoms with Crippen molar-refractivity contribution in [1.82, 2.24) is 4.90 Å². The van der Waals surface area contributed by atoms with Crippen molar-refractivity contribution in [2.24, 2.45) is 4.99 Å². The van der Waals surface area contributed by atoms with Crippen molar-refractivity contribution >= 4 is 50.5 Å². The van der Waals surface area contributed by atoms with Crippen LogP contribution >= 0.6 is 27.7 Å². The van der Waals surface area contributed by atoms with Gasteiger partial charge < -0.3 is 5.11 Å². The number of nitrogens with zero attached hydrogens (tertiary/aromatic N) is 3. The molecule has 1 aromatic rings. The normalized spacial score (nSPS) is 18.2. The molecule has 0 aliphatic carbocycles. The molecule has 1 aliphatic heterocycles. The second kappa shape index (κ2) is 7.57. The van der Waals surface area contributed by atoms with Crippen LogP contribution in [0, 0.1) is 10.1 Å². The average molecular weight is 428 g/mol. The Balaban J connectivity index is 2.52. The first-order valence-corrected chi connectivity index (χ1v) is 9.20. The van der Waals surface area contributed by atoms with Gasteiger partial charge in [0.25, 0.3) is 11.6 Å². The Labute approximate surface area is 158 Å². The minimum absolute atomic E-state index is 0.0243. The van der Waals surface area contributed by atoms with Crippen LogP contribution in [0.1, 0.15) is 33.3 Å². The van der Waals surface area contributed by atoms with Gasteiger partial charge in [0.1, 0.15) is 5.75 Å². The molecule has 1 N–H and O–H groups in total. The van der Waals surface area contributed by atoms with Crippen LogP contribution in [0.2, 0.25) is 0 Å². The zero-order chi connectivity index (χ0) is 18.9. The van der Waals surface area contributed by atoms with Crippen LogP contribution in [-0.2, 0) is 4.79 Å². The molecule has 0 bridgehead atoms. The molecule has 1 saturated heterocycles. The molecule has 1 aromatic carbocycles. The largest absolute Gasteiger partial charge is 0.506 e. The fraction of sp³-hybridized carbons (Fsp3) is 0.375. The fourth-order valence-electron chi connectivity index (χ4n) is 2.21. The van der Waals surface area contributed by atoms with E-state index in [4.69, 9.17) is 0 Å². The highest BCUT2D eigenvalue weighted by Gasteiger charge is 2.35. The Morgan fingerprint density at radius 3 is 2.52 bits per heavy atom. The number of amides is 1. The number of phenols is 1. The predicted molar refractivity (Wildman–Crippen MR) is 103 cm³/mol. The van der Waals surface area contributed by atoms with Crippen molar-refractivity contribution in [1.29, 1.82) is 0 Å². The lowest BCUT2D eigenvalue weighted by Gasteiger charge is -2.20. The number of nitro benzene ring substituents is 1. The van der Waals surface area contributed by atoms with Crippen LogP contribution in [0.4, 0.5) is 5.69 Å². The smallest absolute Gasteiger partial charge is 0.271 e. The summed E-state index contributed by atoms with van der Waals surface area (Å²) in [5, 5.41) is 21.8. The summed E-state index contributed by atoms with van der Waals surface area (Å²) in [5.74, 6) is -0.390. The lowest BCUT2D eigenvalue weighted by Crippen LogP contribution is -2.35. The molecular formula is C16H18BrN3O4S. The Kier molecular flexibility index (Phi) is 5.89. The number of aliphatic imine (C=N–C) groups is 1. The molecule has 0 unspecified atom stereocenters. The van der Waals surface area contributed by atoms with Gasteiger partial charge in [0, 0.05) is 29.8 Å². The first-order chi connectivity index (χ1) is 11.6. The van der Waals surface area contributed by atoms with E-state index in [2.05, 4.69) is 20.9 Å². The van der Waals surface area contributed by atoms with Crippen molar-refractivity contribution in [3.8, 4) is 5.75 Å². The first-order valence-electron chi connectivity index (χ1n) is 7.59. The van der Waals surface area contributed by atoms with E-state index >= 15 is 0 Å². The van der Waals surface area contributed by atoms with E-state index in [0.717, 1.165) is 0 Å². The lowest BCUT2D eigenvalue weighted by molar-refractivity contribution is -0.385. The fourth-order valence-corrected chi connectivity index (χ4v) is 3.90. The Morgan fingerprint density at radius 1 is 1.36 bits per heavy atom. The van der Waals surface area contributed by atoms with Crippen LogP contribution in [0.3, 0.4) is 0 Å². The SMILES string of the molecule is CC(C)N=C1S/C(=C/c2cc([N+](=O)[O-])cc(Br)c2O)C(=O)N1C(C)C. The van der Waals surface area contributed by atoms with Gasteiger partial charge in [-0.05, 0) is 61.5 Å². The van der Waals surface area contributed by atoms with E-state index < -0.39 is 4.92 Å². The van der Waals surface area contributed by atoms with E-state index in [0.29, 0.717) is 10.1 Å². The summed E-state index contributed by atoms with van der Waals surface area (Å²) >= 11 is 4.30. The summed E-state index contributed by atoms with van der Waals surface area (Å²) in [6.07, 6.45) is 1.46. The van der Waals surface area contributed by atoms with Gasteiger partial charge in [0.15, 0.2) is 5.17 Å². The third-order valence-electron chi connectivity index (χ3n) is 3.30. The molecule has 0 spiro atoms. The van der Waals surface area contributed by atoms with E-state index in [1.807, 2.05) is 27.7 Å². The van der Waals surface area contributed by atoms with Gasteiger partial charge in [0.05, 0.1) is 14.3 Å². The summed E-state index contributed by atoms with van der Waals surface area (Å²) in [4.78, 5) is 29.6. The van der Waals surface area contributed by atoms with Gasteiger partial charge in [-0.25, -0.2) is 0 Å².